The Bertz CT molecular complexity index is 219. The summed E-state index contributed by atoms with van der Waals surface area (Å²) in [6, 6.07) is 0.487. The molecule has 1 N–H and O–H groups in total. The molecule has 0 fully saturated rings. The molecule has 0 aliphatic heterocycles. The summed E-state index contributed by atoms with van der Waals surface area (Å²) in [6.45, 7) is 4.23. The smallest absolute Gasteiger partial charge is 0.315 e. The Kier molecular flexibility index (Phi) is 2.46. The van der Waals surface area contributed by atoms with Crippen LogP contribution in [0.5, 0.6) is 0 Å². The predicted octanol–water partition coefficient (Wildman–Crippen LogP) is 1.31. The summed E-state index contributed by atoms with van der Waals surface area (Å²) in [5.74, 6) is 1.25. The molecule has 11 heavy (non-hydrogen) atoms. The van der Waals surface area contributed by atoms with Gasteiger partial charge in [0.2, 0.25) is 5.89 Å². The minimum Gasteiger partial charge on any atom is -0.408 e. The van der Waals surface area contributed by atoms with Gasteiger partial charge in [-0.3, -0.25) is 0 Å². The lowest BCUT2D eigenvalue weighted by atomic mass is 10.1. The molecule has 62 valence electrons. The van der Waals surface area contributed by atoms with E-state index in [0.29, 0.717) is 17.8 Å². The summed E-state index contributed by atoms with van der Waals surface area (Å²) in [4.78, 5) is 0. The van der Waals surface area contributed by atoms with Crippen LogP contribution in [0, 0.1) is 5.92 Å². The lowest BCUT2D eigenvalue weighted by Crippen LogP contribution is -1.93. The average Bonchev–Trinajstić information content (AvgIpc) is 2.34. The number of nitrogens with one attached hydrogen (secondary N) is 1. The largest absolute Gasteiger partial charge is 0.408 e. The SMILES string of the molecule is CNc1nnc(CC(C)C)o1. The first-order valence-electron chi connectivity index (χ1n) is 3.72. The van der Waals surface area contributed by atoms with Gasteiger partial charge in [-0.05, 0) is 5.92 Å². The highest BCUT2D eigenvalue weighted by molar-refractivity contribution is 5.14. The van der Waals surface area contributed by atoms with Gasteiger partial charge in [0.25, 0.3) is 0 Å². The van der Waals surface area contributed by atoms with Crippen molar-refractivity contribution in [3.05, 3.63) is 5.89 Å². The summed E-state index contributed by atoms with van der Waals surface area (Å²) < 4.78 is 5.21. The molecule has 0 aromatic carbocycles. The monoisotopic (exact) mass is 155 g/mol. The van der Waals surface area contributed by atoms with Crippen LogP contribution in [-0.2, 0) is 6.42 Å². The Morgan fingerprint density at radius 3 is 2.64 bits per heavy atom. The van der Waals surface area contributed by atoms with Crippen molar-refractivity contribution in [1.29, 1.82) is 0 Å². The van der Waals surface area contributed by atoms with E-state index in [-0.39, 0.29) is 0 Å². The van der Waals surface area contributed by atoms with Gasteiger partial charge in [-0.25, -0.2) is 0 Å². The van der Waals surface area contributed by atoms with Gasteiger partial charge < -0.3 is 9.73 Å². The van der Waals surface area contributed by atoms with Gasteiger partial charge in [-0.15, -0.1) is 5.10 Å². The van der Waals surface area contributed by atoms with Gasteiger partial charge >= 0.3 is 6.01 Å². The maximum absolute atomic E-state index is 5.21. The van der Waals surface area contributed by atoms with Crippen LogP contribution in [0.4, 0.5) is 6.01 Å². The van der Waals surface area contributed by atoms with Gasteiger partial charge in [0, 0.05) is 13.5 Å². The summed E-state index contributed by atoms with van der Waals surface area (Å²) in [7, 11) is 1.76. The standard InChI is InChI=1S/C7H13N3O/c1-5(2)4-6-9-10-7(8-3)11-6/h5H,4H2,1-3H3,(H,8,10). The molecule has 0 bridgehead atoms. The lowest BCUT2D eigenvalue weighted by Gasteiger charge is -1.96. The second kappa shape index (κ2) is 3.37. The number of anilines is 1. The Labute approximate surface area is 66.0 Å². The molecule has 0 radical (unpaired) electrons. The van der Waals surface area contributed by atoms with E-state index in [9.17, 15) is 0 Å². The Morgan fingerprint density at radius 1 is 1.45 bits per heavy atom. The van der Waals surface area contributed by atoms with E-state index in [0.717, 1.165) is 6.42 Å². The topological polar surface area (TPSA) is 51.0 Å². The summed E-state index contributed by atoms with van der Waals surface area (Å²) in [6.07, 6.45) is 0.842. The Morgan fingerprint density at radius 2 is 2.18 bits per heavy atom. The summed E-state index contributed by atoms with van der Waals surface area (Å²) in [5, 5.41) is 10.4. The van der Waals surface area contributed by atoms with Crippen LogP contribution in [-0.4, -0.2) is 17.2 Å². The molecule has 1 heterocycles. The molecule has 0 saturated carbocycles. The molecular weight excluding hydrogens is 142 g/mol. The van der Waals surface area contributed by atoms with Crippen LogP contribution < -0.4 is 5.32 Å². The first-order valence-corrected chi connectivity index (χ1v) is 3.72. The molecule has 0 atom stereocenters. The van der Waals surface area contributed by atoms with E-state index in [2.05, 4.69) is 29.4 Å². The number of aromatic nitrogens is 2. The van der Waals surface area contributed by atoms with Crippen LogP contribution in [0.2, 0.25) is 0 Å². The van der Waals surface area contributed by atoms with Crippen molar-refractivity contribution in [3.8, 4) is 0 Å². The van der Waals surface area contributed by atoms with Gasteiger partial charge in [0.05, 0.1) is 0 Å². The second-order valence-electron chi connectivity index (χ2n) is 2.85. The molecule has 0 amide bonds. The fourth-order valence-electron chi connectivity index (χ4n) is 0.786. The molecule has 1 aromatic heterocycles. The van der Waals surface area contributed by atoms with Crippen LogP contribution in [0.3, 0.4) is 0 Å². The molecule has 4 nitrogen and oxygen atoms in total. The summed E-state index contributed by atoms with van der Waals surface area (Å²) >= 11 is 0. The van der Waals surface area contributed by atoms with Gasteiger partial charge in [-0.2, -0.15) is 0 Å². The van der Waals surface area contributed by atoms with Crippen molar-refractivity contribution in [1.82, 2.24) is 10.2 Å². The van der Waals surface area contributed by atoms with E-state index >= 15 is 0 Å². The highest BCUT2D eigenvalue weighted by Crippen LogP contribution is 2.08. The molecule has 0 saturated heterocycles. The first kappa shape index (κ1) is 8.04. The van der Waals surface area contributed by atoms with Crippen molar-refractivity contribution < 1.29 is 4.42 Å². The van der Waals surface area contributed by atoms with Gasteiger partial charge in [-0.1, -0.05) is 18.9 Å². The number of rotatable bonds is 3. The maximum Gasteiger partial charge on any atom is 0.315 e. The second-order valence-corrected chi connectivity index (χ2v) is 2.85. The van der Waals surface area contributed by atoms with Crippen LogP contribution in [0.1, 0.15) is 19.7 Å². The van der Waals surface area contributed by atoms with Crippen molar-refractivity contribution in [2.75, 3.05) is 12.4 Å². The molecular formula is C7H13N3O. The Balaban J connectivity index is 2.58. The Hall–Kier alpha value is -1.06. The normalized spacial score (nSPS) is 10.5. The van der Waals surface area contributed by atoms with Crippen molar-refractivity contribution in [2.45, 2.75) is 20.3 Å². The minimum absolute atomic E-state index is 0.487. The molecule has 4 heteroatoms. The third kappa shape index (κ3) is 2.22. The maximum atomic E-state index is 5.21. The number of nitrogens with zero attached hydrogens (tertiary/aromatic N) is 2. The van der Waals surface area contributed by atoms with E-state index in [1.807, 2.05) is 0 Å². The van der Waals surface area contributed by atoms with Gasteiger partial charge in [0.15, 0.2) is 0 Å². The van der Waals surface area contributed by atoms with Crippen molar-refractivity contribution in [2.24, 2.45) is 5.92 Å². The fraction of sp³-hybridized carbons (Fsp3) is 0.714. The predicted molar refractivity (Wildman–Crippen MR) is 42.4 cm³/mol. The fourth-order valence-corrected chi connectivity index (χ4v) is 0.786. The highest BCUT2D eigenvalue weighted by Gasteiger charge is 2.05. The zero-order chi connectivity index (χ0) is 8.27. The minimum atomic E-state index is 0.487. The molecule has 0 spiro atoms. The number of hydrogen-bond donors (Lipinski definition) is 1. The van der Waals surface area contributed by atoms with E-state index in [1.54, 1.807) is 7.05 Å². The lowest BCUT2D eigenvalue weighted by molar-refractivity contribution is 0.467. The van der Waals surface area contributed by atoms with Gasteiger partial charge in [0.1, 0.15) is 0 Å². The summed E-state index contributed by atoms with van der Waals surface area (Å²) in [5.41, 5.74) is 0. The molecule has 1 aromatic rings. The average molecular weight is 155 g/mol. The third-order valence-corrected chi connectivity index (χ3v) is 1.26. The molecule has 0 aliphatic rings. The van der Waals surface area contributed by atoms with Crippen molar-refractivity contribution >= 4 is 6.01 Å². The highest BCUT2D eigenvalue weighted by atomic mass is 16.4. The zero-order valence-corrected chi connectivity index (χ0v) is 7.09. The van der Waals surface area contributed by atoms with Crippen LogP contribution in [0.25, 0.3) is 0 Å². The van der Waals surface area contributed by atoms with E-state index in [4.69, 9.17) is 4.42 Å². The van der Waals surface area contributed by atoms with Crippen molar-refractivity contribution in [3.63, 3.8) is 0 Å². The van der Waals surface area contributed by atoms with E-state index < -0.39 is 0 Å². The third-order valence-electron chi connectivity index (χ3n) is 1.26. The first-order chi connectivity index (χ1) is 5.22. The molecule has 0 unspecified atom stereocenters. The quantitative estimate of drug-likeness (QED) is 0.715. The zero-order valence-electron chi connectivity index (χ0n) is 7.09. The molecule has 0 aliphatic carbocycles. The van der Waals surface area contributed by atoms with E-state index in [1.165, 1.54) is 0 Å². The number of hydrogen-bond acceptors (Lipinski definition) is 4. The van der Waals surface area contributed by atoms with Crippen LogP contribution >= 0.6 is 0 Å². The van der Waals surface area contributed by atoms with Crippen LogP contribution in [0.15, 0.2) is 4.42 Å². The molecule has 1 rings (SSSR count).